The topological polar surface area (TPSA) is 68.0 Å². The lowest BCUT2D eigenvalue weighted by Gasteiger charge is -2.18. The van der Waals surface area contributed by atoms with E-state index in [0.717, 1.165) is 27.2 Å². The number of benzene rings is 3. The number of aromatic nitrogens is 1. The van der Waals surface area contributed by atoms with E-state index in [1.807, 2.05) is 70.9 Å². The number of nitrogens with one attached hydrogen (secondary N) is 1. The van der Waals surface area contributed by atoms with Gasteiger partial charge >= 0.3 is 0 Å². The van der Waals surface area contributed by atoms with Crippen LogP contribution in [0.1, 0.15) is 17.0 Å². The second-order valence-electron chi connectivity index (χ2n) is 7.96. The molecule has 1 amide bonds. The van der Waals surface area contributed by atoms with Crippen molar-refractivity contribution in [3.8, 4) is 17.0 Å². The number of amides is 1. The van der Waals surface area contributed by atoms with E-state index >= 15 is 0 Å². The minimum absolute atomic E-state index is 0.0267. The lowest BCUT2D eigenvalue weighted by Crippen LogP contribution is -2.25. The molecule has 1 N–H and O–H groups in total. The van der Waals surface area contributed by atoms with E-state index < -0.39 is 0 Å². The fourth-order valence-corrected chi connectivity index (χ4v) is 4.77. The van der Waals surface area contributed by atoms with E-state index in [2.05, 4.69) is 41.2 Å². The van der Waals surface area contributed by atoms with Crippen molar-refractivity contribution in [1.82, 2.24) is 4.68 Å². The van der Waals surface area contributed by atoms with Crippen LogP contribution in [0.5, 0.6) is 5.75 Å². The average Bonchev–Trinajstić information content (AvgIpc) is 3.31. The van der Waals surface area contributed by atoms with Crippen LogP contribution in [0.4, 0.5) is 5.69 Å². The van der Waals surface area contributed by atoms with Crippen molar-refractivity contribution < 1.29 is 9.53 Å². The zero-order valence-corrected chi connectivity index (χ0v) is 19.8. The summed E-state index contributed by atoms with van der Waals surface area (Å²) in [4.78, 5) is 17.2. The minimum Gasteiger partial charge on any atom is -0.482 e. The van der Waals surface area contributed by atoms with Crippen molar-refractivity contribution in [2.24, 2.45) is 10.1 Å². The molecule has 2 heterocycles. The summed E-state index contributed by atoms with van der Waals surface area (Å²) in [5.74, 6) is 0.464. The van der Waals surface area contributed by atoms with Gasteiger partial charge in [-0.05, 0) is 29.3 Å². The summed E-state index contributed by atoms with van der Waals surface area (Å²) in [5.41, 5.74) is 4.73. The van der Waals surface area contributed by atoms with E-state index in [0.29, 0.717) is 18.0 Å². The van der Waals surface area contributed by atoms with Gasteiger partial charge in [-0.1, -0.05) is 66.7 Å². The fourth-order valence-electron chi connectivity index (χ4n) is 3.92. The fraction of sp³-hybridized carbons (Fsp3) is 0.107. The minimum atomic E-state index is -0.166. The maximum absolute atomic E-state index is 11.8. The molecule has 0 saturated carbocycles. The van der Waals surface area contributed by atoms with E-state index in [1.165, 1.54) is 11.3 Å². The summed E-state index contributed by atoms with van der Waals surface area (Å²) in [6, 6.07) is 26.4. The van der Waals surface area contributed by atoms with Gasteiger partial charge in [-0.2, -0.15) is 5.10 Å². The van der Waals surface area contributed by atoms with Gasteiger partial charge in [0.05, 0.1) is 17.9 Å². The molecule has 3 aromatic carbocycles. The Morgan fingerprint density at radius 2 is 1.77 bits per heavy atom. The highest BCUT2D eigenvalue weighted by molar-refractivity contribution is 7.07. The van der Waals surface area contributed by atoms with Gasteiger partial charge in [0.1, 0.15) is 5.75 Å². The van der Waals surface area contributed by atoms with Crippen molar-refractivity contribution in [3.05, 3.63) is 113 Å². The van der Waals surface area contributed by atoms with Crippen LogP contribution in [0, 0.1) is 0 Å². The molecular weight excluding hydrogens is 456 g/mol. The molecule has 0 unspecified atom stereocenters. The Kier molecular flexibility index (Phi) is 6.68. The van der Waals surface area contributed by atoms with E-state index in [9.17, 15) is 4.79 Å². The van der Waals surface area contributed by atoms with Crippen LogP contribution in [-0.2, 0) is 4.79 Å². The molecule has 0 radical (unpaired) electrons. The molecule has 35 heavy (non-hydrogen) atoms. The first kappa shape index (κ1) is 22.6. The Bertz CT molecular complexity index is 1400. The Balaban J connectivity index is 1.59. The van der Waals surface area contributed by atoms with Gasteiger partial charge in [0.2, 0.25) is 4.80 Å². The highest BCUT2D eigenvalue weighted by Crippen LogP contribution is 2.33. The third-order valence-electron chi connectivity index (χ3n) is 5.60. The van der Waals surface area contributed by atoms with Crippen molar-refractivity contribution in [3.63, 3.8) is 0 Å². The second-order valence-corrected chi connectivity index (χ2v) is 8.79. The zero-order valence-electron chi connectivity index (χ0n) is 19.0. The molecule has 0 atom stereocenters. The highest BCUT2D eigenvalue weighted by Gasteiger charge is 2.18. The average molecular weight is 481 g/mol. The summed E-state index contributed by atoms with van der Waals surface area (Å²) in [6.07, 6.45) is 3.72. The number of rotatable bonds is 7. The van der Waals surface area contributed by atoms with Crippen molar-refractivity contribution in [1.29, 1.82) is 0 Å². The first-order valence-electron chi connectivity index (χ1n) is 11.3. The lowest BCUT2D eigenvalue weighted by atomic mass is 9.92. The number of hydrogen-bond acceptors (Lipinski definition) is 5. The summed E-state index contributed by atoms with van der Waals surface area (Å²) in [6.45, 7) is 4.31. The second kappa shape index (κ2) is 10.4. The van der Waals surface area contributed by atoms with Gasteiger partial charge in [-0.3, -0.25) is 9.79 Å². The van der Waals surface area contributed by atoms with Crippen molar-refractivity contribution >= 4 is 29.1 Å². The standard InChI is InChI=1S/C28H24N4O2S/c1-2-15-29-28-32(25(19-35-28)22-13-14-26-24(16-22)31-27(33)18-34-26)30-17-23(20-9-5-3-6-10-20)21-11-7-4-8-12-21/h2-14,16-17,19,23H,1,15,18H2,(H,31,33). The molecule has 0 saturated heterocycles. The van der Waals surface area contributed by atoms with Crippen LogP contribution in [0.15, 0.2) is 107 Å². The molecule has 1 aromatic heterocycles. The molecule has 4 aromatic rings. The number of ether oxygens (including phenoxy) is 1. The van der Waals surface area contributed by atoms with E-state index in [4.69, 9.17) is 9.84 Å². The normalized spacial score (nSPS) is 13.5. The Labute approximate surface area is 207 Å². The number of thiazole rings is 1. The smallest absolute Gasteiger partial charge is 0.262 e. The SMILES string of the molecule is C=CCN=c1scc(-c2ccc3c(c2)NC(=O)CO3)n1N=CC(c1ccccc1)c1ccccc1. The summed E-state index contributed by atoms with van der Waals surface area (Å²) in [7, 11) is 0. The van der Waals surface area contributed by atoms with Crippen LogP contribution in [0.25, 0.3) is 11.3 Å². The van der Waals surface area contributed by atoms with Gasteiger partial charge < -0.3 is 10.1 Å². The zero-order chi connectivity index (χ0) is 24.0. The van der Waals surface area contributed by atoms with Crippen LogP contribution in [0.3, 0.4) is 0 Å². The Hall–Kier alpha value is -4.23. The predicted octanol–water partition coefficient (Wildman–Crippen LogP) is 5.30. The quantitative estimate of drug-likeness (QED) is 0.288. The lowest BCUT2D eigenvalue weighted by molar-refractivity contribution is -0.118. The predicted molar refractivity (Wildman–Crippen MR) is 141 cm³/mol. The largest absolute Gasteiger partial charge is 0.482 e. The monoisotopic (exact) mass is 480 g/mol. The number of fused-ring (bicyclic) bond motifs is 1. The first-order chi connectivity index (χ1) is 17.2. The van der Waals surface area contributed by atoms with Crippen molar-refractivity contribution in [2.75, 3.05) is 18.5 Å². The van der Waals surface area contributed by atoms with Gasteiger partial charge in [0.25, 0.3) is 5.91 Å². The third-order valence-corrected chi connectivity index (χ3v) is 6.45. The number of nitrogens with zero attached hydrogens (tertiary/aromatic N) is 3. The molecule has 6 nitrogen and oxygen atoms in total. The molecular formula is C28H24N4O2S. The third kappa shape index (κ3) is 5.00. The Morgan fingerprint density at radius 1 is 1.06 bits per heavy atom. The molecule has 0 bridgehead atoms. The molecule has 0 aliphatic carbocycles. The van der Waals surface area contributed by atoms with Crippen molar-refractivity contribution in [2.45, 2.75) is 5.92 Å². The highest BCUT2D eigenvalue weighted by atomic mass is 32.1. The van der Waals surface area contributed by atoms with Crippen LogP contribution in [-0.4, -0.2) is 29.9 Å². The maximum atomic E-state index is 11.8. The molecule has 1 aliphatic rings. The summed E-state index contributed by atoms with van der Waals surface area (Å²) >= 11 is 1.51. The van der Waals surface area contributed by atoms with Gasteiger partial charge in [0, 0.05) is 23.1 Å². The molecule has 0 fully saturated rings. The summed E-state index contributed by atoms with van der Waals surface area (Å²) < 4.78 is 7.36. The van der Waals surface area contributed by atoms with Gasteiger partial charge in [-0.25, -0.2) is 4.68 Å². The number of hydrogen-bond donors (Lipinski definition) is 1. The number of carbonyl (C=O) groups is 1. The van der Waals surface area contributed by atoms with E-state index in [-0.39, 0.29) is 18.4 Å². The van der Waals surface area contributed by atoms with Crippen LogP contribution < -0.4 is 14.9 Å². The molecule has 5 rings (SSSR count). The number of anilines is 1. The van der Waals surface area contributed by atoms with E-state index in [1.54, 1.807) is 6.08 Å². The maximum Gasteiger partial charge on any atom is 0.262 e. The van der Waals surface area contributed by atoms with Crippen LogP contribution >= 0.6 is 11.3 Å². The molecule has 0 spiro atoms. The van der Waals surface area contributed by atoms with Gasteiger partial charge in [-0.15, -0.1) is 17.9 Å². The molecule has 7 heteroatoms. The molecule has 174 valence electrons. The molecule has 1 aliphatic heterocycles. The van der Waals surface area contributed by atoms with Crippen LogP contribution in [0.2, 0.25) is 0 Å². The summed E-state index contributed by atoms with van der Waals surface area (Å²) in [5, 5.41) is 9.83. The number of carbonyl (C=O) groups excluding carboxylic acids is 1. The Morgan fingerprint density at radius 3 is 2.46 bits per heavy atom. The first-order valence-corrected chi connectivity index (χ1v) is 12.1. The van der Waals surface area contributed by atoms with Gasteiger partial charge in [0.15, 0.2) is 6.61 Å².